The van der Waals surface area contributed by atoms with E-state index < -0.39 is 5.97 Å². The number of benzene rings is 1. The van der Waals surface area contributed by atoms with Crippen LogP contribution < -0.4 is 5.32 Å². The molecule has 2 atom stereocenters. The third kappa shape index (κ3) is 3.57. The second-order valence-electron chi connectivity index (χ2n) is 5.11. The lowest BCUT2D eigenvalue weighted by atomic mass is 10.0. The predicted octanol–water partition coefficient (Wildman–Crippen LogP) is 1.35. The van der Waals surface area contributed by atoms with Gasteiger partial charge in [-0.1, -0.05) is 31.2 Å². The number of amides is 1. The maximum Gasteiger partial charge on any atom is 0.307 e. The maximum atomic E-state index is 12.0. The molecule has 1 amide bonds. The van der Waals surface area contributed by atoms with Gasteiger partial charge < -0.3 is 15.2 Å². The Morgan fingerprint density at radius 3 is 2.65 bits per heavy atom. The van der Waals surface area contributed by atoms with E-state index in [1.54, 1.807) is 12.1 Å². The Hall–Kier alpha value is -1.88. The van der Waals surface area contributed by atoms with Gasteiger partial charge in [0.15, 0.2) is 0 Å². The summed E-state index contributed by atoms with van der Waals surface area (Å²) < 4.78 is 5.40. The second-order valence-corrected chi connectivity index (χ2v) is 5.11. The van der Waals surface area contributed by atoms with E-state index in [2.05, 4.69) is 5.32 Å². The maximum absolute atomic E-state index is 12.0. The Kier molecular flexibility index (Phi) is 4.74. The minimum atomic E-state index is -0.878. The van der Waals surface area contributed by atoms with E-state index >= 15 is 0 Å². The Morgan fingerprint density at radius 1 is 1.35 bits per heavy atom. The van der Waals surface area contributed by atoms with Crippen molar-refractivity contribution in [1.29, 1.82) is 0 Å². The number of nitrogens with one attached hydrogen (secondary N) is 1. The van der Waals surface area contributed by atoms with Gasteiger partial charge >= 0.3 is 5.97 Å². The second kappa shape index (κ2) is 6.52. The lowest BCUT2D eigenvalue weighted by Crippen LogP contribution is -2.37. The van der Waals surface area contributed by atoms with Gasteiger partial charge in [-0.3, -0.25) is 9.59 Å². The van der Waals surface area contributed by atoms with Crippen molar-refractivity contribution in [3.05, 3.63) is 35.4 Å². The van der Waals surface area contributed by atoms with Crippen LogP contribution in [0, 0.1) is 5.92 Å². The van der Waals surface area contributed by atoms with Crippen molar-refractivity contribution in [2.75, 3.05) is 6.61 Å². The number of carbonyl (C=O) groups is 2. The molecule has 1 heterocycles. The Labute approximate surface area is 117 Å². The molecule has 2 unspecified atom stereocenters. The van der Waals surface area contributed by atoms with Gasteiger partial charge in [0, 0.05) is 13.2 Å². The number of hydrogen-bond donors (Lipinski definition) is 2. The third-order valence-electron chi connectivity index (χ3n) is 3.56. The molecule has 0 spiro atoms. The van der Waals surface area contributed by atoms with Gasteiger partial charge in [0.2, 0.25) is 5.91 Å². The number of carboxylic acid groups (broad SMARTS) is 1. The fourth-order valence-corrected chi connectivity index (χ4v) is 2.38. The van der Waals surface area contributed by atoms with Crippen LogP contribution in [-0.4, -0.2) is 29.7 Å². The molecular formula is C15H19NO4. The van der Waals surface area contributed by atoms with Gasteiger partial charge in [-0.05, 0) is 23.5 Å². The number of ether oxygens (including phenoxy) is 1. The number of carboxylic acids is 1. The Morgan fingerprint density at radius 2 is 2.05 bits per heavy atom. The van der Waals surface area contributed by atoms with E-state index in [1.807, 2.05) is 19.1 Å². The van der Waals surface area contributed by atoms with Crippen LogP contribution in [0.1, 0.15) is 24.5 Å². The molecule has 5 nitrogen and oxygen atoms in total. The van der Waals surface area contributed by atoms with Gasteiger partial charge in [0.25, 0.3) is 0 Å². The summed E-state index contributed by atoms with van der Waals surface area (Å²) in [6.07, 6.45) is 0.470. The standard InChI is InChI=1S/C15H19NO4/c1-10-6-7-20-14(10)15(19)16-9-12-5-3-2-4-11(12)8-13(17)18/h2-5,10,14H,6-9H2,1H3,(H,16,19)(H,17,18). The monoisotopic (exact) mass is 277 g/mol. The summed E-state index contributed by atoms with van der Waals surface area (Å²) in [4.78, 5) is 22.8. The van der Waals surface area contributed by atoms with Crippen LogP contribution in [0.25, 0.3) is 0 Å². The van der Waals surface area contributed by atoms with Crippen molar-refractivity contribution in [1.82, 2.24) is 5.32 Å². The molecule has 2 rings (SSSR count). The molecule has 1 saturated heterocycles. The fraction of sp³-hybridized carbons (Fsp3) is 0.467. The molecule has 0 saturated carbocycles. The summed E-state index contributed by atoms with van der Waals surface area (Å²) in [7, 11) is 0. The minimum absolute atomic E-state index is 0.0393. The van der Waals surface area contributed by atoms with Crippen molar-refractivity contribution >= 4 is 11.9 Å². The largest absolute Gasteiger partial charge is 0.481 e. The molecule has 108 valence electrons. The molecule has 0 aromatic heterocycles. The first-order valence-electron chi connectivity index (χ1n) is 6.76. The number of rotatable bonds is 5. The zero-order valence-corrected chi connectivity index (χ0v) is 11.5. The molecular weight excluding hydrogens is 258 g/mol. The van der Waals surface area contributed by atoms with Crippen molar-refractivity contribution in [3.63, 3.8) is 0 Å². The van der Waals surface area contributed by atoms with E-state index in [9.17, 15) is 9.59 Å². The third-order valence-corrected chi connectivity index (χ3v) is 3.56. The highest BCUT2D eigenvalue weighted by molar-refractivity contribution is 5.81. The summed E-state index contributed by atoms with van der Waals surface area (Å²) in [6.45, 7) is 2.94. The average Bonchev–Trinajstić information content (AvgIpc) is 2.83. The highest BCUT2D eigenvalue weighted by Gasteiger charge is 2.30. The molecule has 1 aliphatic rings. The van der Waals surface area contributed by atoms with Crippen LogP contribution in [0.15, 0.2) is 24.3 Å². The fourth-order valence-electron chi connectivity index (χ4n) is 2.38. The van der Waals surface area contributed by atoms with E-state index in [4.69, 9.17) is 9.84 Å². The first-order valence-corrected chi connectivity index (χ1v) is 6.76. The number of carbonyl (C=O) groups excluding carboxylic acids is 1. The number of aliphatic carboxylic acids is 1. The average molecular weight is 277 g/mol. The topological polar surface area (TPSA) is 75.6 Å². The van der Waals surface area contributed by atoms with Crippen LogP contribution in [0.3, 0.4) is 0 Å². The van der Waals surface area contributed by atoms with Crippen molar-refractivity contribution in [2.24, 2.45) is 5.92 Å². The van der Waals surface area contributed by atoms with Gasteiger partial charge in [0.05, 0.1) is 6.42 Å². The van der Waals surface area contributed by atoms with Gasteiger partial charge in [-0.2, -0.15) is 0 Å². The molecule has 2 N–H and O–H groups in total. The molecule has 1 aromatic rings. The zero-order valence-electron chi connectivity index (χ0n) is 11.5. The summed E-state index contributed by atoms with van der Waals surface area (Å²) >= 11 is 0. The molecule has 1 aliphatic heterocycles. The SMILES string of the molecule is CC1CCOC1C(=O)NCc1ccccc1CC(=O)O. The lowest BCUT2D eigenvalue weighted by molar-refractivity contribution is -0.136. The summed E-state index contributed by atoms with van der Waals surface area (Å²) in [5, 5.41) is 11.7. The van der Waals surface area contributed by atoms with Crippen LogP contribution in [-0.2, 0) is 27.3 Å². The van der Waals surface area contributed by atoms with Gasteiger partial charge in [-0.15, -0.1) is 0 Å². The van der Waals surface area contributed by atoms with E-state index in [-0.39, 0.29) is 24.3 Å². The first kappa shape index (κ1) is 14.5. The highest BCUT2D eigenvalue weighted by atomic mass is 16.5. The molecule has 1 fully saturated rings. The Bertz CT molecular complexity index is 500. The van der Waals surface area contributed by atoms with Crippen molar-refractivity contribution in [2.45, 2.75) is 32.4 Å². The van der Waals surface area contributed by atoms with Crippen LogP contribution in [0.4, 0.5) is 0 Å². The van der Waals surface area contributed by atoms with Crippen molar-refractivity contribution < 1.29 is 19.4 Å². The molecule has 0 aliphatic carbocycles. The lowest BCUT2D eigenvalue weighted by Gasteiger charge is -2.15. The molecule has 1 aromatic carbocycles. The quantitative estimate of drug-likeness (QED) is 0.852. The summed E-state index contributed by atoms with van der Waals surface area (Å²) in [5.41, 5.74) is 1.55. The van der Waals surface area contributed by atoms with Gasteiger partial charge in [-0.25, -0.2) is 0 Å². The van der Waals surface area contributed by atoms with Crippen molar-refractivity contribution in [3.8, 4) is 0 Å². The van der Waals surface area contributed by atoms with E-state index in [0.29, 0.717) is 13.2 Å². The van der Waals surface area contributed by atoms with E-state index in [0.717, 1.165) is 17.5 Å². The van der Waals surface area contributed by atoms with Crippen LogP contribution >= 0.6 is 0 Å². The zero-order chi connectivity index (χ0) is 14.5. The normalized spacial score (nSPS) is 21.6. The predicted molar refractivity (Wildman–Crippen MR) is 73.1 cm³/mol. The summed E-state index contributed by atoms with van der Waals surface area (Å²) in [6, 6.07) is 7.23. The molecule has 5 heteroatoms. The molecule has 0 radical (unpaired) electrons. The molecule has 0 bridgehead atoms. The van der Waals surface area contributed by atoms with Crippen LogP contribution in [0.5, 0.6) is 0 Å². The summed E-state index contributed by atoms with van der Waals surface area (Å²) in [5.74, 6) is -0.777. The van der Waals surface area contributed by atoms with Gasteiger partial charge in [0.1, 0.15) is 6.10 Å². The Balaban J connectivity index is 1.96. The van der Waals surface area contributed by atoms with E-state index in [1.165, 1.54) is 0 Å². The minimum Gasteiger partial charge on any atom is -0.481 e. The number of hydrogen-bond acceptors (Lipinski definition) is 3. The smallest absolute Gasteiger partial charge is 0.307 e. The van der Waals surface area contributed by atoms with Crippen LogP contribution in [0.2, 0.25) is 0 Å². The first-order chi connectivity index (χ1) is 9.58. The highest BCUT2D eigenvalue weighted by Crippen LogP contribution is 2.20. The molecule has 20 heavy (non-hydrogen) atoms.